The Morgan fingerprint density at radius 3 is 3.05 bits per heavy atom. The van der Waals surface area contributed by atoms with Gasteiger partial charge in [0.2, 0.25) is 0 Å². The molecule has 0 saturated heterocycles. The monoisotopic (exact) mass is 308 g/mol. The lowest BCUT2D eigenvalue weighted by Gasteiger charge is -2.14. The van der Waals surface area contributed by atoms with Gasteiger partial charge in [0.05, 0.1) is 12.7 Å². The Balaban J connectivity index is 1.88. The Morgan fingerprint density at radius 2 is 2.25 bits per heavy atom. The first-order chi connectivity index (χ1) is 9.69. The van der Waals surface area contributed by atoms with E-state index in [1.54, 1.807) is 11.3 Å². The molecule has 106 valence electrons. The molecule has 1 N–H and O–H groups in total. The minimum atomic E-state index is -0.489. The van der Waals surface area contributed by atoms with Gasteiger partial charge in [-0.05, 0) is 46.7 Å². The number of ether oxygens (including phenoxy) is 1. The molecule has 2 nitrogen and oxygen atoms in total. The van der Waals surface area contributed by atoms with E-state index in [1.165, 1.54) is 5.56 Å². The molecule has 0 amide bonds. The summed E-state index contributed by atoms with van der Waals surface area (Å²) in [4.78, 5) is 1.05. The largest absolute Gasteiger partial charge is 0.493 e. The van der Waals surface area contributed by atoms with Gasteiger partial charge in [0.1, 0.15) is 5.75 Å². The maximum Gasteiger partial charge on any atom is 0.126 e. The fourth-order valence-corrected chi connectivity index (χ4v) is 3.98. The molecule has 4 heteroatoms. The summed E-state index contributed by atoms with van der Waals surface area (Å²) < 4.78 is 5.69. The first-order valence-corrected chi connectivity index (χ1v) is 8.13. The lowest BCUT2D eigenvalue weighted by molar-refractivity contribution is 0.180. The normalized spacial score (nSPS) is 14.9. The van der Waals surface area contributed by atoms with Crippen LogP contribution in [0.1, 0.15) is 34.6 Å². The third kappa shape index (κ3) is 2.58. The highest BCUT2D eigenvalue weighted by Gasteiger charge is 2.21. The maximum atomic E-state index is 10.5. The molecular weight excluding hydrogens is 292 g/mol. The molecule has 0 fully saturated rings. The van der Waals surface area contributed by atoms with E-state index in [-0.39, 0.29) is 0 Å². The number of benzene rings is 1. The zero-order valence-electron chi connectivity index (χ0n) is 11.4. The van der Waals surface area contributed by atoms with Crippen molar-refractivity contribution in [1.29, 1.82) is 0 Å². The quantitative estimate of drug-likeness (QED) is 0.918. The number of rotatable bonds is 4. The highest BCUT2D eigenvalue weighted by Crippen LogP contribution is 2.36. The Hall–Kier alpha value is -1.03. The van der Waals surface area contributed by atoms with E-state index in [1.807, 2.05) is 17.5 Å². The van der Waals surface area contributed by atoms with Gasteiger partial charge in [-0.15, -0.1) is 11.3 Å². The van der Waals surface area contributed by atoms with Gasteiger partial charge < -0.3 is 9.84 Å². The van der Waals surface area contributed by atoms with Gasteiger partial charge in [-0.1, -0.05) is 18.5 Å². The summed E-state index contributed by atoms with van der Waals surface area (Å²) >= 11 is 7.78. The summed E-state index contributed by atoms with van der Waals surface area (Å²) in [5.41, 5.74) is 3.39. The number of hydrogen-bond acceptors (Lipinski definition) is 3. The van der Waals surface area contributed by atoms with Crippen LogP contribution in [0.5, 0.6) is 5.75 Å². The van der Waals surface area contributed by atoms with Crippen LogP contribution in [0.2, 0.25) is 5.02 Å². The average molecular weight is 309 g/mol. The molecule has 0 saturated carbocycles. The Morgan fingerprint density at radius 1 is 1.40 bits per heavy atom. The van der Waals surface area contributed by atoms with Gasteiger partial charge in [0.15, 0.2) is 0 Å². The smallest absolute Gasteiger partial charge is 0.126 e. The van der Waals surface area contributed by atoms with Crippen LogP contribution in [0.4, 0.5) is 0 Å². The fourth-order valence-electron chi connectivity index (χ4n) is 2.73. The number of fused-ring (bicyclic) bond motifs is 1. The minimum absolute atomic E-state index is 0.489. The standard InChI is InChI=1S/C16H17ClO2S/c1-2-10-4-6-20-16(10)14(18)9-12-8-13(17)7-11-3-5-19-15(11)12/h4,6-8,14,18H,2-3,5,9H2,1H3. The zero-order chi connectivity index (χ0) is 14.1. The molecule has 1 aromatic heterocycles. The van der Waals surface area contributed by atoms with Crippen LogP contribution in [0.25, 0.3) is 0 Å². The number of hydrogen-bond donors (Lipinski definition) is 1. The molecule has 1 aliphatic rings. The lowest BCUT2D eigenvalue weighted by Crippen LogP contribution is -2.03. The summed E-state index contributed by atoms with van der Waals surface area (Å²) in [6.07, 6.45) is 1.91. The van der Waals surface area contributed by atoms with Gasteiger partial charge >= 0.3 is 0 Å². The number of aryl methyl sites for hydroxylation is 1. The molecule has 20 heavy (non-hydrogen) atoms. The second-order valence-electron chi connectivity index (χ2n) is 5.04. The Kier molecular flexibility index (Phi) is 4.01. The number of halogens is 1. The summed E-state index contributed by atoms with van der Waals surface area (Å²) in [5, 5.41) is 13.3. The Bertz CT molecular complexity index is 621. The predicted molar refractivity (Wildman–Crippen MR) is 83.0 cm³/mol. The van der Waals surface area contributed by atoms with Crippen molar-refractivity contribution in [2.75, 3.05) is 6.61 Å². The van der Waals surface area contributed by atoms with Crippen molar-refractivity contribution in [3.05, 3.63) is 50.2 Å². The van der Waals surface area contributed by atoms with Crippen LogP contribution in [-0.4, -0.2) is 11.7 Å². The average Bonchev–Trinajstić information content (AvgIpc) is 3.06. The number of aliphatic hydroxyl groups excluding tert-OH is 1. The highest BCUT2D eigenvalue weighted by molar-refractivity contribution is 7.10. The third-order valence-corrected chi connectivity index (χ3v) is 4.98. The van der Waals surface area contributed by atoms with Crippen LogP contribution in [-0.2, 0) is 19.3 Å². The van der Waals surface area contributed by atoms with E-state index < -0.39 is 6.10 Å². The van der Waals surface area contributed by atoms with Crippen LogP contribution < -0.4 is 4.74 Å². The summed E-state index contributed by atoms with van der Waals surface area (Å²) in [7, 11) is 0. The van der Waals surface area contributed by atoms with Crippen molar-refractivity contribution in [2.24, 2.45) is 0 Å². The maximum absolute atomic E-state index is 10.5. The molecule has 0 bridgehead atoms. The highest BCUT2D eigenvalue weighted by atomic mass is 35.5. The van der Waals surface area contributed by atoms with Crippen molar-refractivity contribution in [2.45, 2.75) is 32.3 Å². The number of thiophene rings is 1. The minimum Gasteiger partial charge on any atom is -0.493 e. The zero-order valence-corrected chi connectivity index (χ0v) is 12.9. The Labute approximate surface area is 128 Å². The second kappa shape index (κ2) is 5.76. The molecule has 1 aromatic carbocycles. The van der Waals surface area contributed by atoms with Crippen LogP contribution in [0, 0.1) is 0 Å². The van der Waals surface area contributed by atoms with Crippen molar-refractivity contribution in [1.82, 2.24) is 0 Å². The van der Waals surface area contributed by atoms with Crippen molar-refractivity contribution in [3.8, 4) is 5.75 Å². The van der Waals surface area contributed by atoms with Gasteiger partial charge in [-0.3, -0.25) is 0 Å². The summed E-state index contributed by atoms with van der Waals surface area (Å²) in [6, 6.07) is 5.96. The van der Waals surface area contributed by atoms with Gasteiger partial charge in [0.25, 0.3) is 0 Å². The molecule has 0 radical (unpaired) electrons. The van der Waals surface area contributed by atoms with Crippen LogP contribution in [0.15, 0.2) is 23.6 Å². The molecule has 1 unspecified atom stereocenters. The van der Waals surface area contributed by atoms with Crippen molar-refractivity contribution < 1.29 is 9.84 Å². The van der Waals surface area contributed by atoms with E-state index in [2.05, 4.69) is 13.0 Å². The fraction of sp³-hybridized carbons (Fsp3) is 0.375. The van der Waals surface area contributed by atoms with Crippen molar-refractivity contribution >= 4 is 22.9 Å². The van der Waals surface area contributed by atoms with E-state index in [9.17, 15) is 5.11 Å². The predicted octanol–water partition coefficient (Wildman–Crippen LogP) is 4.17. The molecule has 3 rings (SSSR count). The van der Waals surface area contributed by atoms with Crippen molar-refractivity contribution in [3.63, 3.8) is 0 Å². The summed E-state index contributed by atoms with van der Waals surface area (Å²) in [6.45, 7) is 2.82. The van der Waals surface area contributed by atoms with Gasteiger partial charge in [0, 0.05) is 22.7 Å². The first kappa shape index (κ1) is 13.9. The first-order valence-electron chi connectivity index (χ1n) is 6.87. The molecular formula is C16H17ClO2S. The van der Waals surface area contributed by atoms with E-state index >= 15 is 0 Å². The van der Waals surface area contributed by atoms with E-state index in [0.29, 0.717) is 13.0 Å². The van der Waals surface area contributed by atoms with E-state index in [4.69, 9.17) is 16.3 Å². The SMILES string of the molecule is CCc1ccsc1C(O)Cc1cc(Cl)cc2c1OCC2. The molecule has 0 spiro atoms. The van der Waals surface area contributed by atoms with Crippen LogP contribution in [0.3, 0.4) is 0 Å². The van der Waals surface area contributed by atoms with Gasteiger partial charge in [-0.2, -0.15) is 0 Å². The lowest BCUT2D eigenvalue weighted by atomic mass is 10.0. The number of aliphatic hydroxyl groups is 1. The molecule has 1 aliphatic heterocycles. The van der Waals surface area contributed by atoms with Crippen LogP contribution >= 0.6 is 22.9 Å². The molecule has 0 aliphatic carbocycles. The molecule has 2 aromatic rings. The van der Waals surface area contributed by atoms with E-state index in [0.717, 1.165) is 39.6 Å². The molecule has 2 heterocycles. The second-order valence-corrected chi connectivity index (χ2v) is 6.42. The van der Waals surface area contributed by atoms with Gasteiger partial charge in [-0.25, -0.2) is 0 Å². The third-order valence-electron chi connectivity index (χ3n) is 3.70. The molecule has 1 atom stereocenters. The topological polar surface area (TPSA) is 29.5 Å². The summed E-state index contributed by atoms with van der Waals surface area (Å²) in [5.74, 6) is 0.919.